The van der Waals surface area contributed by atoms with Crippen LogP contribution in [0.5, 0.6) is 0 Å². The third kappa shape index (κ3) is 2.64. The highest BCUT2D eigenvalue weighted by atomic mass is 19.4. The van der Waals surface area contributed by atoms with Crippen LogP contribution in [-0.2, 0) is 11.0 Å². The van der Waals surface area contributed by atoms with E-state index in [0.29, 0.717) is 5.70 Å². The second kappa shape index (κ2) is 5.70. The van der Waals surface area contributed by atoms with Gasteiger partial charge in [0, 0.05) is 6.54 Å². The predicted molar refractivity (Wildman–Crippen MR) is 79.7 cm³/mol. The van der Waals surface area contributed by atoms with Crippen LogP contribution in [0.4, 0.5) is 18.0 Å². The Balaban J connectivity index is 2.08. The minimum atomic E-state index is -4.59. The summed E-state index contributed by atoms with van der Waals surface area (Å²) in [5.41, 5.74) is -0.569. The Kier molecular flexibility index (Phi) is 3.82. The van der Waals surface area contributed by atoms with Crippen molar-refractivity contribution in [1.82, 2.24) is 15.5 Å². The molecule has 1 atom stereocenters. The number of nitrogens with one attached hydrogen (secondary N) is 2. The molecule has 126 valence electrons. The molecule has 2 N–H and O–H groups in total. The number of urea groups is 1. The summed E-state index contributed by atoms with van der Waals surface area (Å²) in [5, 5.41) is 4.94. The van der Waals surface area contributed by atoms with Gasteiger partial charge in [0.1, 0.15) is 0 Å². The molecule has 8 heteroatoms. The number of hydrogen-bond donors (Lipinski definition) is 2. The standard InChI is InChI=1S/C16H14F3N3O2/c1-2-7-22-8-11-12(14(22)23)13(21-15(24)20-11)9-5-3-4-6-10(9)16(17,18)19/h2-6,13H,1,7-8H2,(H2,20,21,24)/t13-/m0/s1. The molecule has 0 fully saturated rings. The number of carbonyl (C=O) groups is 2. The van der Waals surface area contributed by atoms with Gasteiger partial charge in [-0.2, -0.15) is 13.2 Å². The van der Waals surface area contributed by atoms with E-state index in [1.54, 1.807) is 0 Å². The summed E-state index contributed by atoms with van der Waals surface area (Å²) in [4.78, 5) is 25.8. The summed E-state index contributed by atoms with van der Waals surface area (Å²) in [6.07, 6.45) is -3.07. The molecule has 2 aliphatic heterocycles. The maximum atomic E-state index is 13.3. The van der Waals surface area contributed by atoms with Crippen molar-refractivity contribution < 1.29 is 22.8 Å². The van der Waals surface area contributed by atoms with E-state index < -0.39 is 29.7 Å². The lowest BCUT2D eigenvalue weighted by molar-refractivity contribution is -0.138. The van der Waals surface area contributed by atoms with Crippen LogP contribution in [-0.4, -0.2) is 29.9 Å². The second-order valence-electron chi connectivity index (χ2n) is 5.48. The number of carbonyl (C=O) groups excluding carboxylic acids is 2. The van der Waals surface area contributed by atoms with E-state index >= 15 is 0 Å². The van der Waals surface area contributed by atoms with E-state index in [2.05, 4.69) is 17.2 Å². The van der Waals surface area contributed by atoms with Crippen LogP contribution in [0.1, 0.15) is 17.2 Å². The first kappa shape index (κ1) is 16.1. The minimum Gasteiger partial charge on any atom is -0.329 e. The first-order valence-electron chi connectivity index (χ1n) is 7.19. The van der Waals surface area contributed by atoms with E-state index in [-0.39, 0.29) is 24.2 Å². The van der Waals surface area contributed by atoms with Gasteiger partial charge in [-0.05, 0) is 11.6 Å². The van der Waals surface area contributed by atoms with Crippen molar-refractivity contribution in [2.45, 2.75) is 12.2 Å². The molecule has 0 aromatic heterocycles. The van der Waals surface area contributed by atoms with Gasteiger partial charge in [-0.25, -0.2) is 4.79 Å². The highest BCUT2D eigenvalue weighted by molar-refractivity contribution is 6.01. The molecule has 1 aromatic rings. The highest BCUT2D eigenvalue weighted by Crippen LogP contribution is 2.39. The zero-order valence-electron chi connectivity index (χ0n) is 12.5. The van der Waals surface area contributed by atoms with E-state index in [4.69, 9.17) is 0 Å². The summed E-state index contributed by atoms with van der Waals surface area (Å²) in [6.45, 7) is 3.93. The van der Waals surface area contributed by atoms with Crippen molar-refractivity contribution in [3.63, 3.8) is 0 Å². The Labute approximate surface area is 135 Å². The fourth-order valence-electron chi connectivity index (χ4n) is 2.97. The molecular formula is C16H14F3N3O2. The highest BCUT2D eigenvalue weighted by Gasteiger charge is 2.43. The van der Waals surface area contributed by atoms with Crippen molar-refractivity contribution in [2.24, 2.45) is 0 Å². The second-order valence-corrected chi connectivity index (χ2v) is 5.48. The van der Waals surface area contributed by atoms with Gasteiger partial charge in [0.15, 0.2) is 0 Å². The zero-order valence-corrected chi connectivity index (χ0v) is 12.5. The Hall–Kier alpha value is -2.77. The van der Waals surface area contributed by atoms with E-state index in [0.717, 1.165) is 6.07 Å². The van der Waals surface area contributed by atoms with Gasteiger partial charge < -0.3 is 15.5 Å². The van der Waals surface area contributed by atoms with Crippen molar-refractivity contribution in [2.75, 3.05) is 13.1 Å². The normalized spacial score (nSPS) is 20.6. The van der Waals surface area contributed by atoms with Gasteiger partial charge >= 0.3 is 12.2 Å². The topological polar surface area (TPSA) is 61.4 Å². The van der Waals surface area contributed by atoms with Crippen molar-refractivity contribution in [3.05, 3.63) is 59.3 Å². The van der Waals surface area contributed by atoms with Gasteiger partial charge in [-0.3, -0.25) is 4.79 Å². The number of halogens is 3. The summed E-state index contributed by atoms with van der Waals surface area (Å²) < 4.78 is 39.9. The number of benzene rings is 1. The van der Waals surface area contributed by atoms with E-state index in [1.165, 1.54) is 29.2 Å². The quantitative estimate of drug-likeness (QED) is 0.832. The van der Waals surface area contributed by atoms with Crippen LogP contribution < -0.4 is 10.6 Å². The average molecular weight is 337 g/mol. The summed E-state index contributed by atoms with van der Waals surface area (Å²) in [7, 11) is 0. The fourth-order valence-corrected chi connectivity index (χ4v) is 2.97. The third-order valence-corrected chi connectivity index (χ3v) is 3.95. The molecule has 2 heterocycles. The van der Waals surface area contributed by atoms with Gasteiger partial charge in [0.05, 0.1) is 29.4 Å². The molecule has 0 unspecified atom stereocenters. The monoisotopic (exact) mass is 337 g/mol. The van der Waals surface area contributed by atoms with Crippen molar-refractivity contribution >= 4 is 11.9 Å². The Morgan fingerprint density at radius 1 is 1.29 bits per heavy atom. The van der Waals surface area contributed by atoms with Crippen LogP contribution in [0.15, 0.2) is 48.2 Å². The van der Waals surface area contributed by atoms with Crippen LogP contribution in [0, 0.1) is 0 Å². The molecule has 2 aliphatic rings. The van der Waals surface area contributed by atoms with Crippen LogP contribution in [0.25, 0.3) is 0 Å². The molecule has 24 heavy (non-hydrogen) atoms. The number of amides is 3. The summed E-state index contributed by atoms with van der Waals surface area (Å²) >= 11 is 0. The van der Waals surface area contributed by atoms with Gasteiger partial charge in [-0.1, -0.05) is 24.3 Å². The predicted octanol–water partition coefficient (Wildman–Crippen LogP) is 2.34. The molecule has 3 amide bonds. The molecule has 0 saturated carbocycles. The molecule has 0 radical (unpaired) electrons. The Bertz CT molecular complexity index is 755. The minimum absolute atomic E-state index is 0.133. The number of rotatable bonds is 3. The molecule has 1 aromatic carbocycles. The lowest BCUT2D eigenvalue weighted by Crippen LogP contribution is -2.44. The number of alkyl halides is 3. The zero-order chi connectivity index (χ0) is 17.5. The molecule has 0 saturated heterocycles. The summed E-state index contributed by atoms with van der Waals surface area (Å²) in [5.74, 6) is -0.417. The number of nitrogens with zero attached hydrogens (tertiary/aromatic N) is 1. The molecule has 0 bridgehead atoms. The maximum Gasteiger partial charge on any atom is 0.416 e. The van der Waals surface area contributed by atoms with Crippen LogP contribution >= 0.6 is 0 Å². The molecule has 3 rings (SSSR count). The van der Waals surface area contributed by atoms with Gasteiger partial charge in [-0.15, -0.1) is 6.58 Å². The van der Waals surface area contributed by atoms with Crippen LogP contribution in [0.2, 0.25) is 0 Å². The van der Waals surface area contributed by atoms with Gasteiger partial charge in [0.25, 0.3) is 5.91 Å². The summed E-state index contributed by atoms with van der Waals surface area (Å²) in [6, 6.07) is 3.14. The smallest absolute Gasteiger partial charge is 0.329 e. The molecule has 0 spiro atoms. The Morgan fingerprint density at radius 2 is 2.00 bits per heavy atom. The molecule has 0 aliphatic carbocycles. The maximum absolute atomic E-state index is 13.3. The lowest BCUT2D eigenvalue weighted by atomic mass is 9.92. The van der Waals surface area contributed by atoms with Gasteiger partial charge in [0.2, 0.25) is 0 Å². The van der Waals surface area contributed by atoms with Crippen molar-refractivity contribution in [3.8, 4) is 0 Å². The van der Waals surface area contributed by atoms with E-state index in [9.17, 15) is 22.8 Å². The average Bonchev–Trinajstić information content (AvgIpc) is 2.82. The van der Waals surface area contributed by atoms with E-state index in [1.807, 2.05) is 0 Å². The molecule has 5 nitrogen and oxygen atoms in total. The fraction of sp³-hybridized carbons (Fsp3) is 0.250. The Morgan fingerprint density at radius 3 is 2.67 bits per heavy atom. The first-order chi connectivity index (χ1) is 11.3. The first-order valence-corrected chi connectivity index (χ1v) is 7.19. The van der Waals surface area contributed by atoms with Crippen LogP contribution in [0.3, 0.4) is 0 Å². The number of hydrogen-bond acceptors (Lipinski definition) is 2. The molecular weight excluding hydrogens is 323 g/mol. The SMILES string of the molecule is C=CCN1CC2=C(C1=O)[C@H](c1ccccc1C(F)(F)F)NC(=O)N2. The lowest BCUT2D eigenvalue weighted by Gasteiger charge is -2.27. The largest absolute Gasteiger partial charge is 0.416 e. The third-order valence-electron chi connectivity index (χ3n) is 3.95. The van der Waals surface area contributed by atoms with Crippen molar-refractivity contribution in [1.29, 1.82) is 0 Å².